The van der Waals surface area contributed by atoms with Crippen molar-refractivity contribution in [1.82, 2.24) is 9.80 Å². The van der Waals surface area contributed by atoms with Gasteiger partial charge in [0.25, 0.3) is 5.91 Å². The summed E-state index contributed by atoms with van der Waals surface area (Å²) in [6.45, 7) is 3.08. The van der Waals surface area contributed by atoms with Crippen molar-refractivity contribution in [2.24, 2.45) is 5.92 Å². The predicted octanol–water partition coefficient (Wildman–Crippen LogP) is 2.47. The van der Waals surface area contributed by atoms with Gasteiger partial charge in [0.1, 0.15) is 0 Å². The van der Waals surface area contributed by atoms with E-state index in [2.05, 4.69) is 27.9 Å². The van der Waals surface area contributed by atoms with E-state index < -0.39 is 0 Å². The average molecular weight is 311 g/mol. The summed E-state index contributed by atoms with van der Waals surface area (Å²) in [7, 11) is 4.03. The number of hydrogen-bond acceptors (Lipinski definition) is 2. The van der Waals surface area contributed by atoms with Crippen molar-refractivity contribution >= 4 is 21.8 Å². The molecular formula is C14H19BrN2O. The van der Waals surface area contributed by atoms with Crippen molar-refractivity contribution in [2.45, 2.75) is 6.42 Å². The van der Waals surface area contributed by atoms with Crippen LogP contribution in [0, 0.1) is 5.92 Å². The molecule has 3 nitrogen and oxygen atoms in total. The van der Waals surface area contributed by atoms with Gasteiger partial charge in [-0.05, 0) is 44.1 Å². The Balaban J connectivity index is 1.96. The summed E-state index contributed by atoms with van der Waals surface area (Å²) in [6.07, 6.45) is 1.19. The van der Waals surface area contributed by atoms with Crippen LogP contribution in [0.3, 0.4) is 0 Å². The molecule has 0 bridgehead atoms. The van der Waals surface area contributed by atoms with E-state index >= 15 is 0 Å². The van der Waals surface area contributed by atoms with Crippen LogP contribution in [0.25, 0.3) is 0 Å². The molecule has 1 amide bonds. The van der Waals surface area contributed by atoms with Crippen molar-refractivity contribution in [3.63, 3.8) is 0 Å². The maximum Gasteiger partial charge on any atom is 0.253 e. The molecule has 4 heteroatoms. The molecule has 1 aromatic carbocycles. The van der Waals surface area contributed by atoms with Gasteiger partial charge < -0.3 is 9.80 Å². The minimum atomic E-state index is 0.103. The second kappa shape index (κ2) is 5.85. The van der Waals surface area contributed by atoms with Gasteiger partial charge in [0.05, 0.1) is 0 Å². The Morgan fingerprint density at radius 2 is 2.33 bits per heavy atom. The van der Waals surface area contributed by atoms with Crippen LogP contribution in [-0.2, 0) is 0 Å². The fourth-order valence-corrected chi connectivity index (χ4v) is 2.89. The van der Waals surface area contributed by atoms with Crippen molar-refractivity contribution in [2.75, 3.05) is 33.7 Å². The van der Waals surface area contributed by atoms with Crippen LogP contribution in [0.4, 0.5) is 0 Å². The molecule has 2 rings (SSSR count). The zero-order chi connectivity index (χ0) is 13.1. The van der Waals surface area contributed by atoms with Gasteiger partial charge >= 0.3 is 0 Å². The summed E-state index contributed by atoms with van der Waals surface area (Å²) in [5, 5.41) is 0. The smallest absolute Gasteiger partial charge is 0.253 e. The molecule has 98 valence electrons. The lowest BCUT2D eigenvalue weighted by Gasteiger charge is -2.21. The van der Waals surface area contributed by atoms with E-state index in [9.17, 15) is 4.79 Å². The lowest BCUT2D eigenvalue weighted by atomic mass is 10.1. The number of carbonyl (C=O) groups is 1. The van der Waals surface area contributed by atoms with Gasteiger partial charge in [0.15, 0.2) is 0 Å². The van der Waals surface area contributed by atoms with Crippen LogP contribution in [0.1, 0.15) is 16.8 Å². The van der Waals surface area contributed by atoms with E-state index in [-0.39, 0.29) is 5.91 Å². The molecule has 1 saturated heterocycles. The highest BCUT2D eigenvalue weighted by Crippen LogP contribution is 2.17. The largest absolute Gasteiger partial charge is 0.341 e. The monoisotopic (exact) mass is 310 g/mol. The first kappa shape index (κ1) is 13.6. The Hall–Kier alpha value is -0.870. The molecule has 1 aromatic rings. The van der Waals surface area contributed by atoms with Crippen LogP contribution in [0.15, 0.2) is 28.7 Å². The highest BCUT2D eigenvalue weighted by Gasteiger charge is 2.23. The number of amides is 1. The Labute approximate surface area is 117 Å². The second-order valence-corrected chi connectivity index (χ2v) is 6.03. The standard InChI is InChI=1S/C14H19BrN2O/c1-16-7-6-11(9-16)10-17(2)14(18)12-4-3-5-13(15)8-12/h3-5,8,11H,6-7,9-10H2,1-2H3. The molecule has 1 fully saturated rings. The number of hydrogen-bond donors (Lipinski definition) is 0. The van der Waals surface area contributed by atoms with Crippen LogP contribution in [0.5, 0.6) is 0 Å². The lowest BCUT2D eigenvalue weighted by molar-refractivity contribution is 0.0774. The molecule has 0 aromatic heterocycles. The van der Waals surface area contributed by atoms with E-state index in [4.69, 9.17) is 0 Å². The van der Waals surface area contributed by atoms with Gasteiger partial charge in [-0.2, -0.15) is 0 Å². The van der Waals surface area contributed by atoms with Crippen LogP contribution >= 0.6 is 15.9 Å². The first-order valence-corrected chi connectivity index (χ1v) is 7.05. The van der Waals surface area contributed by atoms with Gasteiger partial charge in [-0.25, -0.2) is 0 Å². The first-order chi connectivity index (χ1) is 8.56. The Kier molecular flexibility index (Phi) is 4.40. The summed E-state index contributed by atoms with van der Waals surface area (Å²) in [6, 6.07) is 7.57. The van der Waals surface area contributed by atoms with Crippen molar-refractivity contribution in [3.05, 3.63) is 34.3 Å². The van der Waals surface area contributed by atoms with E-state index in [1.807, 2.05) is 36.2 Å². The van der Waals surface area contributed by atoms with Crippen LogP contribution in [-0.4, -0.2) is 49.4 Å². The molecule has 1 aliphatic rings. The summed E-state index contributed by atoms with van der Waals surface area (Å²) < 4.78 is 0.947. The van der Waals surface area contributed by atoms with Crippen LogP contribution < -0.4 is 0 Å². The third-order valence-corrected chi connectivity index (χ3v) is 3.93. The van der Waals surface area contributed by atoms with Gasteiger partial charge in [-0.15, -0.1) is 0 Å². The quantitative estimate of drug-likeness (QED) is 0.856. The summed E-state index contributed by atoms with van der Waals surface area (Å²) in [4.78, 5) is 16.4. The number of nitrogens with zero attached hydrogens (tertiary/aromatic N) is 2. The summed E-state index contributed by atoms with van der Waals surface area (Å²) in [5.41, 5.74) is 0.748. The molecule has 1 atom stereocenters. The highest BCUT2D eigenvalue weighted by molar-refractivity contribution is 9.10. The van der Waals surface area contributed by atoms with E-state index in [0.717, 1.165) is 29.7 Å². The van der Waals surface area contributed by atoms with Crippen molar-refractivity contribution in [3.8, 4) is 0 Å². The molecule has 18 heavy (non-hydrogen) atoms. The maximum absolute atomic E-state index is 12.3. The number of likely N-dealkylation sites (tertiary alicyclic amines) is 1. The number of halogens is 1. The molecule has 0 N–H and O–H groups in total. The second-order valence-electron chi connectivity index (χ2n) is 5.11. The average Bonchev–Trinajstić information content (AvgIpc) is 2.73. The third kappa shape index (κ3) is 3.33. The minimum Gasteiger partial charge on any atom is -0.341 e. The molecule has 1 unspecified atom stereocenters. The molecule has 0 aliphatic carbocycles. The zero-order valence-corrected chi connectivity index (χ0v) is 12.5. The summed E-state index contributed by atoms with van der Waals surface area (Å²) in [5.74, 6) is 0.710. The molecule has 0 saturated carbocycles. The van der Waals surface area contributed by atoms with Crippen molar-refractivity contribution < 1.29 is 4.79 Å². The Morgan fingerprint density at radius 1 is 1.56 bits per heavy atom. The van der Waals surface area contributed by atoms with Crippen molar-refractivity contribution in [1.29, 1.82) is 0 Å². The molecular weight excluding hydrogens is 292 g/mol. The zero-order valence-electron chi connectivity index (χ0n) is 10.9. The number of carbonyl (C=O) groups excluding carboxylic acids is 1. The Morgan fingerprint density at radius 3 is 2.94 bits per heavy atom. The fourth-order valence-electron chi connectivity index (χ4n) is 2.49. The van der Waals surface area contributed by atoms with Gasteiger partial charge in [-0.1, -0.05) is 22.0 Å². The third-order valence-electron chi connectivity index (χ3n) is 3.44. The molecule has 0 spiro atoms. The predicted molar refractivity (Wildman–Crippen MR) is 76.7 cm³/mol. The van der Waals surface area contributed by atoms with Crippen LogP contribution in [0.2, 0.25) is 0 Å². The maximum atomic E-state index is 12.3. The topological polar surface area (TPSA) is 23.6 Å². The van der Waals surface area contributed by atoms with Gasteiger partial charge in [0.2, 0.25) is 0 Å². The van der Waals surface area contributed by atoms with Gasteiger partial charge in [0, 0.05) is 30.2 Å². The lowest BCUT2D eigenvalue weighted by Crippen LogP contribution is -2.32. The SMILES string of the molecule is CN1CCC(CN(C)C(=O)c2cccc(Br)c2)C1. The number of rotatable bonds is 3. The number of benzene rings is 1. The van der Waals surface area contributed by atoms with E-state index in [1.165, 1.54) is 6.42 Å². The highest BCUT2D eigenvalue weighted by atomic mass is 79.9. The fraction of sp³-hybridized carbons (Fsp3) is 0.500. The van der Waals surface area contributed by atoms with Gasteiger partial charge in [-0.3, -0.25) is 4.79 Å². The first-order valence-electron chi connectivity index (χ1n) is 6.26. The van der Waals surface area contributed by atoms with E-state index in [1.54, 1.807) is 0 Å². The van der Waals surface area contributed by atoms with E-state index in [0.29, 0.717) is 5.92 Å². The summed E-state index contributed by atoms with van der Waals surface area (Å²) >= 11 is 3.40. The minimum absolute atomic E-state index is 0.103. The Bertz CT molecular complexity index is 436. The molecule has 1 aliphatic heterocycles. The molecule has 1 heterocycles. The molecule has 0 radical (unpaired) electrons. The normalized spacial score (nSPS) is 20.1.